The number of methoxy groups -OCH3 is 2. The lowest BCUT2D eigenvalue weighted by Gasteiger charge is -2.31. The zero-order valence-corrected chi connectivity index (χ0v) is 20.9. The van der Waals surface area contributed by atoms with Crippen LogP contribution in [-0.4, -0.2) is 61.3 Å². The summed E-state index contributed by atoms with van der Waals surface area (Å²) in [4.78, 5) is 27.2. The number of piperidine rings is 1. The second-order valence-electron chi connectivity index (χ2n) is 9.36. The van der Waals surface area contributed by atoms with E-state index < -0.39 is 0 Å². The molecular weight excluding hydrogens is 444 g/mol. The summed E-state index contributed by atoms with van der Waals surface area (Å²) in [5, 5.41) is 6.43. The van der Waals surface area contributed by atoms with Gasteiger partial charge < -0.3 is 15.2 Å². The molecule has 2 aliphatic heterocycles. The summed E-state index contributed by atoms with van der Waals surface area (Å²) in [5.41, 5.74) is 10.6. The van der Waals surface area contributed by atoms with E-state index in [-0.39, 0.29) is 30.3 Å². The third-order valence-corrected chi connectivity index (χ3v) is 7.15. The molecule has 4 rings (SSSR count). The van der Waals surface area contributed by atoms with Crippen LogP contribution in [0.3, 0.4) is 0 Å². The number of nitrogens with zero attached hydrogens (tertiary/aromatic N) is 3. The fraction of sp³-hybridized carbons (Fsp3) is 0.444. The molecule has 0 aromatic heterocycles. The Morgan fingerprint density at radius 3 is 2.40 bits per heavy atom. The van der Waals surface area contributed by atoms with Crippen LogP contribution in [0.15, 0.2) is 41.5 Å². The number of carbonyl (C=O) groups excluding carboxylic acids is 2. The van der Waals surface area contributed by atoms with Crippen molar-refractivity contribution < 1.29 is 19.1 Å². The van der Waals surface area contributed by atoms with Gasteiger partial charge >= 0.3 is 0 Å². The van der Waals surface area contributed by atoms with E-state index in [9.17, 15) is 9.59 Å². The summed E-state index contributed by atoms with van der Waals surface area (Å²) >= 11 is 0. The smallest absolute Gasteiger partial charge is 0.257 e. The maximum Gasteiger partial charge on any atom is 0.257 e. The molecular formula is C27H34N4O4. The number of amides is 2. The first kappa shape index (κ1) is 24.7. The first-order chi connectivity index (χ1) is 16.8. The van der Waals surface area contributed by atoms with E-state index in [0.717, 1.165) is 16.8 Å². The van der Waals surface area contributed by atoms with E-state index in [1.807, 2.05) is 18.2 Å². The quantitative estimate of drug-likeness (QED) is 0.659. The van der Waals surface area contributed by atoms with Gasteiger partial charge in [0, 0.05) is 17.9 Å². The molecule has 1 atom stereocenters. The molecule has 0 bridgehead atoms. The topological polar surface area (TPSA) is 97.5 Å². The minimum absolute atomic E-state index is 0.0868. The van der Waals surface area contributed by atoms with E-state index in [4.69, 9.17) is 20.3 Å². The Hall–Kier alpha value is -3.39. The minimum atomic E-state index is -0.313. The molecule has 2 aromatic carbocycles. The maximum atomic E-state index is 13.6. The lowest BCUT2D eigenvalue weighted by atomic mass is 9.95. The van der Waals surface area contributed by atoms with Crippen LogP contribution in [0.5, 0.6) is 11.5 Å². The number of hydrazone groups is 1. The lowest BCUT2D eigenvalue weighted by Crippen LogP contribution is -2.44. The van der Waals surface area contributed by atoms with Gasteiger partial charge in [-0.05, 0) is 80.7 Å². The highest BCUT2D eigenvalue weighted by Gasteiger charge is 2.36. The van der Waals surface area contributed by atoms with E-state index in [0.29, 0.717) is 43.9 Å². The third-order valence-electron chi connectivity index (χ3n) is 7.15. The van der Waals surface area contributed by atoms with Gasteiger partial charge in [0.15, 0.2) is 0 Å². The predicted octanol–water partition coefficient (Wildman–Crippen LogP) is 3.20. The average Bonchev–Trinajstić information content (AvgIpc) is 3.31. The first-order valence-corrected chi connectivity index (χ1v) is 12.0. The number of benzene rings is 2. The van der Waals surface area contributed by atoms with Crippen molar-refractivity contribution in [3.05, 3.63) is 58.7 Å². The molecule has 8 heteroatoms. The summed E-state index contributed by atoms with van der Waals surface area (Å²) in [7, 11) is 3.25. The molecule has 2 aliphatic rings. The summed E-state index contributed by atoms with van der Waals surface area (Å²) < 4.78 is 11.1. The number of aryl methyl sites for hydroxylation is 2. The standard InChI is InChI=1S/C27H34N4O4/c1-17-5-6-20(13-18(17)2)23-15-24(22-14-21(34-3)7-8-25(22)35-4)31(29-23)26(32)16-30-11-9-19(10-12-30)27(28)33/h5-8,13-14,19,24H,9-12,15-16H2,1-4H3,(H2,28,33)/t24-/m1/s1. The summed E-state index contributed by atoms with van der Waals surface area (Å²) in [6.45, 7) is 5.71. The Morgan fingerprint density at radius 1 is 1.03 bits per heavy atom. The molecule has 0 radical (unpaired) electrons. The van der Waals surface area contributed by atoms with Crippen molar-refractivity contribution in [2.24, 2.45) is 16.8 Å². The number of nitrogens with two attached hydrogens (primary N) is 1. The number of carbonyl (C=O) groups is 2. The van der Waals surface area contributed by atoms with Crippen molar-refractivity contribution >= 4 is 17.5 Å². The van der Waals surface area contributed by atoms with Gasteiger partial charge in [-0.1, -0.05) is 12.1 Å². The molecule has 0 unspecified atom stereocenters. The highest BCUT2D eigenvalue weighted by atomic mass is 16.5. The predicted molar refractivity (Wildman–Crippen MR) is 135 cm³/mol. The zero-order valence-electron chi connectivity index (χ0n) is 20.9. The summed E-state index contributed by atoms with van der Waals surface area (Å²) in [6, 6.07) is 11.6. The van der Waals surface area contributed by atoms with Crippen molar-refractivity contribution in [1.82, 2.24) is 9.91 Å². The molecule has 35 heavy (non-hydrogen) atoms. The Labute approximate surface area is 206 Å². The molecule has 0 spiro atoms. The van der Waals surface area contributed by atoms with Gasteiger partial charge in [0.2, 0.25) is 5.91 Å². The van der Waals surface area contributed by atoms with Crippen LogP contribution in [0, 0.1) is 19.8 Å². The van der Waals surface area contributed by atoms with Crippen molar-refractivity contribution in [3.8, 4) is 11.5 Å². The molecule has 1 saturated heterocycles. The molecule has 1 fully saturated rings. The lowest BCUT2D eigenvalue weighted by molar-refractivity contribution is -0.134. The van der Waals surface area contributed by atoms with Crippen molar-refractivity contribution in [3.63, 3.8) is 0 Å². The number of hydrogen-bond acceptors (Lipinski definition) is 6. The molecule has 0 aliphatic carbocycles. The molecule has 2 heterocycles. The van der Waals surface area contributed by atoms with Gasteiger partial charge in [-0.2, -0.15) is 5.10 Å². The molecule has 0 saturated carbocycles. The van der Waals surface area contributed by atoms with Gasteiger partial charge in [0.25, 0.3) is 5.91 Å². The molecule has 8 nitrogen and oxygen atoms in total. The van der Waals surface area contributed by atoms with Gasteiger partial charge in [0.05, 0.1) is 32.5 Å². The monoisotopic (exact) mass is 478 g/mol. The highest BCUT2D eigenvalue weighted by molar-refractivity contribution is 6.03. The van der Waals surface area contributed by atoms with Crippen LogP contribution in [0.1, 0.15) is 47.6 Å². The van der Waals surface area contributed by atoms with Crippen LogP contribution in [0.2, 0.25) is 0 Å². The Bertz CT molecular complexity index is 1140. The maximum absolute atomic E-state index is 13.6. The van der Waals surface area contributed by atoms with Crippen molar-refractivity contribution in [1.29, 1.82) is 0 Å². The number of rotatable bonds is 7. The van der Waals surface area contributed by atoms with Crippen LogP contribution in [0.4, 0.5) is 0 Å². The van der Waals surface area contributed by atoms with Gasteiger partial charge in [-0.15, -0.1) is 0 Å². The average molecular weight is 479 g/mol. The second kappa shape index (κ2) is 10.5. The van der Waals surface area contributed by atoms with Gasteiger partial charge in [0.1, 0.15) is 11.5 Å². The third kappa shape index (κ3) is 5.32. The SMILES string of the molecule is COc1ccc(OC)c([C@H]2CC(c3ccc(C)c(C)c3)=NN2C(=O)CN2CCC(C(N)=O)CC2)c1. The first-order valence-electron chi connectivity index (χ1n) is 12.0. The van der Waals surface area contributed by atoms with Crippen LogP contribution >= 0.6 is 0 Å². The van der Waals surface area contributed by atoms with Crippen LogP contribution < -0.4 is 15.2 Å². The minimum Gasteiger partial charge on any atom is -0.497 e. The number of primary amides is 1. The fourth-order valence-electron chi connectivity index (χ4n) is 4.82. The molecule has 2 amide bonds. The second-order valence-corrected chi connectivity index (χ2v) is 9.36. The fourth-order valence-corrected chi connectivity index (χ4v) is 4.82. The van der Waals surface area contributed by atoms with Gasteiger partial charge in [-0.3, -0.25) is 14.5 Å². The number of ether oxygens (including phenoxy) is 2. The van der Waals surface area contributed by atoms with Crippen LogP contribution in [0.25, 0.3) is 0 Å². The van der Waals surface area contributed by atoms with E-state index in [1.54, 1.807) is 19.2 Å². The van der Waals surface area contributed by atoms with Crippen LogP contribution in [-0.2, 0) is 9.59 Å². The number of likely N-dealkylation sites (tertiary alicyclic amines) is 1. The Balaban J connectivity index is 1.63. The zero-order chi connectivity index (χ0) is 25.1. The Morgan fingerprint density at radius 2 is 1.77 bits per heavy atom. The van der Waals surface area contributed by atoms with E-state index >= 15 is 0 Å². The Kier molecular flexibility index (Phi) is 7.40. The molecule has 186 valence electrons. The summed E-state index contributed by atoms with van der Waals surface area (Å²) in [5.74, 6) is 0.921. The van der Waals surface area contributed by atoms with Crippen molar-refractivity contribution in [2.45, 2.75) is 39.2 Å². The van der Waals surface area contributed by atoms with Crippen molar-refractivity contribution in [2.75, 3.05) is 33.9 Å². The largest absolute Gasteiger partial charge is 0.497 e. The number of hydrogen-bond donors (Lipinski definition) is 1. The van der Waals surface area contributed by atoms with Gasteiger partial charge in [-0.25, -0.2) is 5.01 Å². The highest BCUT2D eigenvalue weighted by Crippen LogP contribution is 2.39. The molecule has 2 aromatic rings. The normalized spacial score (nSPS) is 18.9. The van der Waals surface area contributed by atoms with E-state index in [1.165, 1.54) is 11.1 Å². The molecule has 2 N–H and O–H groups in total. The summed E-state index contributed by atoms with van der Waals surface area (Å²) in [6.07, 6.45) is 1.92. The van der Waals surface area contributed by atoms with E-state index in [2.05, 4.69) is 36.9 Å².